The number of nitrogens with zero attached hydrogens (tertiary/aromatic N) is 1. The Kier molecular flexibility index (Phi) is 6.03. The molecule has 3 aromatic carbocycles. The predicted molar refractivity (Wildman–Crippen MR) is 114 cm³/mol. The molecule has 0 spiro atoms. The van der Waals surface area contributed by atoms with Gasteiger partial charge in [0.05, 0.1) is 10.7 Å². The van der Waals surface area contributed by atoms with E-state index >= 15 is 0 Å². The van der Waals surface area contributed by atoms with Crippen molar-refractivity contribution < 1.29 is 9.13 Å². The van der Waals surface area contributed by atoms with Crippen LogP contribution in [-0.4, -0.2) is 4.98 Å². The Hall–Kier alpha value is -2.95. The van der Waals surface area contributed by atoms with Gasteiger partial charge in [-0.3, -0.25) is 4.98 Å². The summed E-state index contributed by atoms with van der Waals surface area (Å²) in [4.78, 5) is 4.34. The topological polar surface area (TPSA) is 34.1 Å². The van der Waals surface area contributed by atoms with E-state index in [1.165, 1.54) is 6.07 Å². The molecular formula is C24H20ClFN2O. The minimum atomic E-state index is -0.367. The SMILES string of the molecule is Fc1cccc(Cl)c1COc1ccc2ccccc2c1CNCc1ccccn1. The lowest BCUT2D eigenvalue weighted by atomic mass is 10.0. The van der Waals surface area contributed by atoms with Crippen molar-refractivity contribution in [1.82, 2.24) is 10.3 Å². The van der Waals surface area contributed by atoms with Crippen LogP contribution in [0.1, 0.15) is 16.8 Å². The third-order valence-corrected chi connectivity index (χ3v) is 5.12. The van der Waals surface area contributed by atoms with Crippen molar-refractivity contribution in [2.24, 2.45) is 0 Å². The van der Waals surface area contributed by atoms with Crippen LogP contribution in [-0.2, 0) is 19.7 Å². The summed E-state index contributed by atoms with van der Waals surface area (Å²) in [5.74, 6) is 0.338. The molecule has 3 nitrogen and oxygen atoms in total. The highest BCUT2D eigenvalue weighted by Gasteiger charge is 2.12. The van der Waals surface area contributed by atoms with Gasteiger partial charge in [0.15, 0.2) is 0 Å². The van der Waals surface area contributed by atoms with Crippen molar-refractivity contribution in [2.45, 2.75) is 19.7 Å². The number of aromatic nitrogens is 1. The van der Waals surface area contributed by atoms with E-state index in [4.69, 9.17) is 16.3 Å². The van der Waals surface area contributed by atoms with E-state index in [9.17, 15) is 4.39 Å². The second kappa shape index (κ2) is 9.03. The Morgan fingerprint density at radius 1 is 0.862 bits per heavy atom. The molecule has 1 heterocycles. The average Bonchev–Trinajstić information content (AvgIpc) is 2.75. The maximum atomic E-state index is 14.1. The minimum absolute atomic E-state index is 0.0666. The van der Waals surface area contributed by atoms with Crippen molar-refractivity contribution in [2.75, 3.05) is 0 Å². The summed E-state index contributed by atoms with van der Waals surface area (Å²) in [5.41, 5.74) is 2.34. The van der Waals surface area contributed by atoms with Crippen molar-refractivity contribution in [3.63, 3.8) is 0 Å². The monoisotopic (exact) mass is 406 g/mol. The van der Waals surface area contributed by atoms with Gasteiger partial charge in [0, 0.05) is 30.4 Å². The highest BCUT2D eigenvalue weighted by atomic mass is 35.5. The summed E-state index contributed by atoms with van der Waals surface area (Å²) in [5, 5.41) is 6.01. The fourth-order valence-electron chi connectivity index (χ4n) is 3.27. The Labute approximate surface area is 174 Å². The molecule has 29 heavy (non-hydrogen) atoms. The van der Waals surface area contributed by atoms with Gasteiger partial charge in [0.2, 0.25) is 0 Å². The summed E-state index contributed by atoms with van der Waals surface area (Å²) in [6, 6.07) is 22.6. The quantitative estimate of drug-likeness (QED) is 0.415. The lowest BCUT2D eigenvalue weighted by Crippen LogP contribution is -2.15. The van der Waals surface area contributed by atoms with E-state index in [2.05, 4.69) is 22.4 Å². The molecule has 5 heteroatoms. The first-order chi connectivity index (χ1) is 14.2. The number of benzene rings is 3. The highest BCUT2D eigenvalue weighted by Crippen LogP contribution is 2.30. The molecule has 1 aromatic heterocycles. The maximum absolute atomic E-state index is 14.1. The summed E-state index contributed by atoms with van der Waals surface area (Å²) >= 11 is 6.14. The van der Waals surface area contributed by atoms with E-state index in [0.29, 0.717) is 29.4 Å². The molecule has 0 amide bonds. The van der Waals surface area contributed by atoms with Crippen LogP contribution in [0, 0.1) is 5.82 Å². The molecule has 4 aromatic rings. The number of pyridine rings is 1. The minimum Gasteiger partial charge on any atom is -0.488 e. The smallest absolute Gasteiger partial charge is 0.131 e. The number of halogens is 2. The molecule has 0 unspecified atom stereocenters. The number of hydrogen-bond donors (Lipinski definition) is 1. The van der Waals surface area contributed by atoms with Crippen LogP contribution >= 0.6 is 11.6 Å². The number of hydrogen-bond acceptors (Lipinski definition) is 3. The van der Waals surface area contributed by atoms with E-state index in [1.807, 2.05) is 42.5 Å². The number of nitrogens with one attached hydrogen (secondary N) is 1. The van der Waals surface area contributed by atoms with E-state index in [1.54, 1.807) is 18.3 Å². The van der Waals surface area contributed by atoms with Gasteiger partial charge in [-0.2, -0.15) is 0 Å². The molecule has 0 atom stereocenters. The molecule has 0 saturated heterocycles. The molecule has 0 radical (unpaired) electrons. The average molecular weight is 407 g/mol. The van der Waals surface area contributed by atoms with Gasteiger partial charge in [-0.05, 0) is 41.1 Å². The lowest BCUT2D eigenvalue weighted by Gasteiger charge is -2.16. The zero-order chi connectivity index (χ0) is 20.1. The molecule has 1 N–H and O–H groups in total. The first kappa shape index (κ1) is 19.4. The van der Waals surface area contributed by atoms with Gasteiger partial charge in [-0.15, -0.1) is 0 Å². The Morgan fingerprint density at radius 2 is 1.72 bits per heavy atom. The maximum Gasteiger partial charge on any atom is 0.131 e. The number of fused-ring (bicyclic) bond motifs is 1. The second-order valence-electron chi connectivity index (χ2n) is 6.68. The van der Waals surface area contributed by atoms with Gasteiger partial charge >= 0.3 is 0 Å². The Balaban J connectivity index is 1.58. The van der Waals surface area contributed by atoms with Crippen LogP contribution < -0.4 is 10.1 Å². The van der Waals surface area contributed by atoms with E-state index in [0.717, 1.165) is 22.0 Å². The molecule has 0 bridgehead atoms. The molecule has 4 rings (SSSR count). The van der Waals surface area contributed by atoms with Gasteiger partial charge < -0.3 is 10.1 Å². The summed E-state index contributed by atoms with van der Waals surface area (Å²) < 4.78 is 20.1. The largest absolute Gasteiger partial charge is 0.488 e. The van der Waals surface area contributed by atoms with Gasteiger partial charge in [0.25, 0.3) is 0 Å². The van der Waals surface area contributed by atoms with Crippen LogP contribution in [0.25, 0.3) is 10.8 Å². The second-order valence-corrected chi connectivity index (χ2v) is 7.08. The van der Waals surface area contributed by atoms with Crippen LogP contribution in [0.3, 0.4) is 0 Å². The van der Waals surface area contributed by atoms with Crippen molar-refractivity contribution in [1.29, 1.82) is 0 Å². The first-order valence-electron chi connectivity index (χ1n) is 9.39. The zero-order valence-corrected chi connectivity index (χ0v) is 16.5. The molecule has 0 aliphatic rings. The summed E-state index contributed by atoms with van der Waals surface area (Å²) in [7, 11) is 0. The fraction of sp³-hybridized carbons (Fsp3) is 0.125. The number of ether oxygens (including phenoxy) is 1. The normalized spacial score (nSPS) is 11.0. The Bertz CT molecular complexity index is 1100. The molecule has 146 valence electrons. The van der Waals surface area contributed by atoms with Gasteiger partial charge in [-0.25, -0.2) is 4.39 Å². The first-order valence-corrected chi connectivity index (χ1v) is 9.77. The lowest BCUT2D eigenvalue weighted by molar-refractivity contribution is 0.296. The van der Waals surface area contributed by atoms with E-state index < -0.39 is 0 Å². The van der Waals surface area contributed by atoms with Crippen LogP contribution in [0.4, 0.5) is 4.39 Å². The molecular weight excluding hydrogens is 387 g/mol. The number of rotatable bonds is 7. The van der Waals surface area contributed by atoms with Gasteiger partial charge in [-0.1, -0.05) is 54.1 Å². The standard InChI is InChI=1S/C24H20ClFN2O/c25-22-9-5-10-23(26)21(22)16-29-24-12-11-17-6-1-2-8-19(17)20(24)15-27-14-18-7-3-4-13-28-18/h1-13,27H,14-16H2. The van der Waals surface area contributed by atoms with Crippen molar-refractivity contribution >= 4 is 22.4 Å². The van der Waals surface area contributed by atoms with Crippen LogP contribution in [0.2, 0.25) is 5.02 Å². The predicted octanol–water partition coefficient (Wildman–Crippen LogP) is 5.90. The summed E-state index contributed by atoms with van der Waals surface area (Å²) in [6.45, 7) is 1.30. The van der Waals surface area contributed by atoms with Crippen LogP contribution in [0.15, 0.2) is 79.0 Å². The molecule has 0 aliphatic heterocycles. The van der Waals surface area contributed by atoms with E-state index in [-0.39, 0.29) is 12.4 Å². The van der Waals surface area contributed by atoms with Gasteiger partial charge in [0.1, 0.15) is 18.2 Å². The molecule has 0 saturated carbocycles. The van der Waals surface area contributed by atoms with Crippen molar-refractivity contribution in [3.05, 3.63) is 107 Å². The summed E-state index contributed by atoms with van der Waals surface area (Å²) in [6.07, 6.45) is 1.78. The Morgan fingerprint density at radius 3 is 2.55 bits per heavy atom. The highest BCUT2D eigenvalue weighted by molar-refractivity contribution is 6.31. The van der Waals surface area contributed by atoms with Crippen molar-refractivity contribution in [3.8, 4) is 5.75 Å². The third kappa shape index (κ3) is 4.56. The fourth-order valence-corrected chi connectivity index (χ4v) is 3.49. The molecule has 0 aliphatic carbocycles. The third-order valence-electron chi connectivity index (χ3n) is 4.77. The molecule has 0 fully saturated rings. The van der Waals surface area contributed by atoms with Crippen LogP contribution in [0.5, 0.6) is 5.75 Å². The zero-order valence-electron chi connectivity index (χ0n) is 15.7.